The number of H-pyrrole nitrogens is 1. The molecule has 214 valence electrons. The van der Waals surface area contributed by atoms with E-state index in [0.29, 0.717) is 45.3 Å². The molecule has 9 nitrogen and oxygen atoms in total. The van der Waals surface area contributed by atoms with E-state index in [1.165, 1.54) is 0 Å². The number of aromatic amines is 1. The number of amides is 2. The van der Waals surface area contributed by atoms with Gasteiger partial charge in [0.1, 0.15) is 0 Å². The van der Waals surface area contributed by atoms with Gasteiger partial charge in [-0.2, -0.15) is 0 Å². The second-order valence-corrected chi connectivity index (χ2v) is 11.0. The van der Waals surface area contributed by atoms with Crippen LogP contribution < -0.4 is 17.2 Å². The second-order valence-electron chi connectivity index (χ2n) is 11.0. The van der Waals surface area contributed by atoms with Crippen LogP contribution in [0.1, 0.15) is 30.9 Å². The highest BCUT2D eigenvalue weighted by molar-refractivity contribution is 5.89. The topological polar surface area (TPSA) is 147 Å². The van der Waals surface area contributed by atoms with Gasteiger partial charge in [-0.15, -0.1) is 0 Å². The zero-order valence-electron chi connectivity index (χ0n) is 23.5. The first-order valence-electron chi connectivity index (χ1n) is 14.2. The maximum Gasteiger partial charge on any atom is 0.240 e. The molecule has 9 heteroatoms. The highest BCUT2D eigenvalue weighted by Crippen LogP contribution is 2.24. The third-order valence-corrected chi connectivity index (χ3v) is 8.04. The Balaban J connectivity index is 1.30. The van der Waals surface area contributed by atoms with Crippen molar-refractivity contribution in [2.75, 3.05) is 19.6 Å². The van der Waals surface area contributed by atoms with Crippen molar-refractivity contribution in [3.8, 4) is 0 Å². The van der Waals surface area contributed by atoms with Crippen molar-refractivity contribution in [2.24, 2.45) is 22.2 Å². The van der Waals surface area contributed by atoms with Gasteiger partial charge in [0.25, 0.3) is 0 Å². The van der Waals surface area contributed by atoms with Gasteiger partial charge in [0.05, 0.1) is 12.5 Å². The summed E-state index contributed by atoms with van der Waals surface area (Å²) in [5.74, 6) is -0.00671. The van der Waals surface area contributed by atoms with E-state index in [-0.39, 0.29) is 29.9 Å². The maximum absolute atomic E-state index is 13.8. The van der Waals surface area contributed by atoms with Crippen molar-refractivity contribution >= 4 is 39.4 Å². The summed E-state index contributed by atoms with van der Waals surface area (Å²) in [6.07, 6.45) is 3.99. The van der Waals surface area contributed by atoms with Crippen LogP contribution in [0.2, 0.25) is 0 Å². The first-order valence-corrected chi connectivity index (χ1v) is 14.2. The average Bonchev–Trinajstić information content (AvgIpc) is 3.37. The number of aliphatic imine (C=N–C) groups is 1. The minimum absolute atomic E-state index is 0.0446. The number of carbonyl (C=O) groups excluding carboxylic acids is 2. The van der Waals surface area contributed by atoms with E-state index in [9.17, 15) is 9.59 Å². The van der Waals surface area contributed by atoms with Gasteiger partial charge in [-0.05, 0) is 54.2 Å². The van der Waals surface area contributed by atoms with Crippen LogP contribution in [0.4, 0.5) is 0 Å². The molecule has 2 amide bonds. The number of nitrogens with two attached hydrogens (primary N) is 3. The molecule has 3 aromatic carbocycles. The van der Waals surface area contributed by atoms with Crippen LogP contribution in [0.15, 0.2) is 77.9 Å². The summed E-state index contributed by atoms with van der Waals surface area (Å²) in [7, 11) is 0. The standard InChI is InChI=1S/C32H39N7O2/c1-21-19-39(31(41)28(33)16-22-12-13-23-7-2-3-8-24(23)15-22)26(9-6-14-36-32(34)35)20-38(21)30(40)17-25-18-37-29-11-5-4-10-27(25)29/h2-5,7-8,10-13,15,18,21,26,28,37H,6,9,14,16-17,19-20,33H2,1H3,(H4,34,35,36)/t21-,26+,28-/m1/s1. The quantitative estimate of drug-likeness (QED) is 0.143. The van der Waals surface area contributed by atoms with Crippen molar-refractivity contribution in [3.63, 3.8) is 0 Å². The average molecular weight is 554 g/mol. The molecule has 1 aliphatic heterocycles. The summed E-state index contributed by atoms with van der Waals surface area (Å²) in [5, 5.41) is 3.33. The third kappa shape index (κ3) is 6.52. The SMILES string of the molecule is C[C@@H]1CN(C(=O)[C@H](N)Cc2ccc3ccccc3c2)[C@@H](CCCN=C(N)N)CN1C(=O)Cc1c[nH]c2ccccc12. The molecule has 41 heavy (non-hydrogen) atoms. The van der Waals surface area contributed by atoms with E-state index in [0.717, 1.165) is 32.8 Å². The monoisotopic (exact) mass is 553 g/mol. The highest BCUT2D eigenvalue weighted by atomic mass is 16.2. The number of hydrogen-bond donors (Lipinski definition) is 4. The zero-order chi connectivity index (χ0) is 28.9. The van der Waals surface area contributed by atoms with Crippen LogP contribution >= 0.6 is 0 Å². The van der Waals surface area contributed by atoms with E-state index >= 15 is 0 Å². The number of nitrogens with one attached hydrogen (secondary N) is 1. The summed E-state index contributed by atoms with van der Waals surface area (Å²) in [6.45, 7) is 3.33. The number of aromatic nitrogens is 1. The molecular weight excluding hydrogens is 514 g/mol. The summed E-state index contributed by atoms with van der Waals surface area (Å²) in [5.41, 5.74) is 20.6. The molecular formula is C32H39N7O2. The molecule has 0 spiro atoms. The molecule has 5 rings (SSSR count). The Morgan fingerprint density at radius 2 is 1.76 bits per heavy atom. The maximum atomic E-state index is 13.8. The number of piperazine rings is 1. The van der Waals surface area contributed by atoms with Crippen LogP contribution in [0.25, 0.3) is 21.7 Å². The molecule has 7 N–H and O–H groups in total. The molecule has 1 fully saturated rings. The molecule has 0 saturated carbocycles. The number of guanidine groups is 1. The Labute approximate surface area is 240 Å². The van der Waals surface area contributed by atoms with E-state index in [1.807, 2.05) is 65.4 Å². The van der Waals surface area contributed by atoms with Gasteiger partial charge < -0.3 is 32.0 Å². The van der Waals surface area contributed by atoms with Gasteiger partial charge in [0, 0.05) is 48.8 Å². The van der Waals surface area contributed by atoms with Gasteiger partial charge in [-0.3, -0.25) is 14.6 Å². The Morgan fingerprint density at radius 3 is 2.56 bits per heavy atom. The van der Waals surface area contributed by atoms with Crippen LogP contribution in [-0.2, 0) is 22.4 Å². The molecule has 0 unspecified atom stereocenters. The van der Waals surface area contributed by atoms with E-state index in [1.54, 1.807) is 0 Å². The lowest BCUT2D eigenvalue weighted by atomic mass is 9.97. The lowest BCUT2D eigenvalue weighted by Gasteiger charge is -2.46. The number of hydrogen-bond acceptors (Lipinski definition) is 4. The fourth-order valence-electron chi connectivity index (χ4n) is 5.90. The molecule has 3 atom stereocenters. The van der Waals surface area contributed by atoms with Gasteiger partial charge in [0.15, 0.2) is 5.96 Å². The zero-order valence-corrected chi connectivity index (χ0v) is 23.5. The minimum atomic E-state index is -0.683. The Bertz CT molecular complexity index is 1560. The molecule has 0 aliphatic carbocycles. The van der Waals surface area contributed by atoms with E-state index < -0.39 is 6.04 Å². The fraction of sp³-hybridized carbons (Fsp3) is 0.344. The number of nitrogens with zero attached hydrogens (tertiary/aromatic N) is 3. The summed E-state index contributed by atoms with van der Waals surface area (Å²) < 4.78 is 0. The summed E-state index contributed by atoms with van der Waals surface area (Å²) in [4.78, 5) is 38.5. The smallest absolute Gasteiger partial charge is 0.240 e. The van der Waals surface area contributed by atoms with Gasteiger partial charge in [0.2, 0.25) is 11.8 Å². The molecule has 4 aromatic rings. The van der Waals surface area contributed by atoms with Crippen LogP contribution in [0.5, 0.6) is 0 Å². The second kappa shape index (κ2) is 12.4. The van der Waals surface area contributed by atoms with Crippen molar-refractivity contribution in [3.05, 3.63) is 84.1 Å². The van der Waals surface area contributed by atoms with Crippen molar-refractivity contribution < 1.29 is 9.59 Å². The normalized spacial score (nSPS) is 18.0. The largest absolute Gasteiger partial charge is 0.370 e. The van der Waals surface area contributed by atoms with Crippen molar-refractivity contribution in [2.45, 2.75) is 50.7 Å². The fourth-order valence-corrected chi connectivity index (χ4v) is 5.90. The molecule has 0 radical (unpaired) electrons. The van der Waals surface area contributed by atoms with Gasteiger partial charge in [-0.25, -0.2) is 0 Å². The van der Waals surface area contributed by atoms with Gasteiger partial charge >= 0.3 is 0 Å². The van der Waals surface area contributed by atoms with Crippen molar-refractivity contribution in [1.82, 2.24) is 14.8 Å². The first kappa shape index (κ1) is 28.2. The molecule has 0 bridgehead atoms. The summed E-state index contributed by atoms with van der Waals surface area (Å²) >= 11 is 0. The number of fused-ring (bicyclic) bond motifs is 2. The Kier molecular flexibility index (Phi) is 8.54. The van der Waals surface area contributed by atoms with E-state index in [2.05, 4.69) is 34.2 Å². The molecule has 2 heterocycles. The Morgan fingerprint density at radius 1 is 1.00 bits per heavy atom. The lowest BCUT2D eigenvalue weighted by Crippen LogP contribution is -2.63. The number of benzene rings is 3. The number of rotatable bonds is 9. The number of carbonyl (C=O) groups is 2. The molecule has 1 aromatic heterocycles. The van der Waals surface area contributed by atoms with Crippen molar-refractivity contribution in [1.29, 1.82) is 0 Å². The predicted octanol–water partition coefficient (Wildman–Crippen LogP) is 2.92. The molecule has 1 aliphatic rings. The third-order valence-electron chi connectivity index (χ3n) is 8.04. The van der Waals surface area contributed by atoms with Crippen LogP contribution in [-0.4, -0.2) is 70.3 Å². The summed E-state index contributed by atoms with van der Waals surface area (Å²) in [6, 6.07) is 21.3. The van der Waals surface area contributed by atoms with Crippen LogP contribution in [0, 0.1) is 0 Å². The first-order chi connectivity index (χ1) is 19.8. The van der Waals surface area contributed by atoms with Gasteiger partial charge in [-0.1, -0.05) is 60.7 Å². The predicted molar refractivity (Wildman–Crippen MR) is 164 cm³/mol. The molecule has 1 saturated heterocycles. The Hall–Kier alpha value is -4.37. The lowest BCUT2D eigenvalue weighted by molar-refractivity contribution is -0.147. The van der Waals surface area contributed by atoms with E-state index in [4.69, 9.17) is 17.2 Å². The highest BCUT2D eigenvalue weighted by Gasteiger charge is 2.37. The number of para-hydroxylation sites is 1. The van der Waals surface area contributed by atoms with Crippen LogP contribution in [0.3, 0.4) is 0 Å². The minimum Gasteiger partial charge on any atom is -0.370 e.